The van der Waals surface area contributed by atoms with Gasteiger partial charge in [0.05, 0.1) is 5.69 Å². The molecule has 0 fully saturated rings. The summed E-state index contributed by atoms with van der Waals surface area (Å²) in [4.78, 5) is 21.8. The number of benzene rings is 1. The third-order valence-electron chi connectivity index (χ3n) is 1.90. The smallest absolute Gasteiger partial charge is 0.238 e. The van der Waals surface area contributed by atoms with Gasteiger partial charge in [-0.25, -0.2) is 5.01 Å². The molecule has 14 heavy (non-hydrogen) atoms. The Balaban J connectivity index is 2.93. The Morgan fingerprint density at radius 3 is 2.29 bits per heavy atom. The molecule has 0 radical (unpaired) electrons. The Morgan fingerprint density at radius 1 is 1.29 bits per heavy atom. The summed E-state index contributed by atoms with van der Waals surface area (Å²) in [5.41, 5.74) is 0.667. The molecule has 0 unspecified atom stereocenters. The van der Waals surface area contributed by atoms with Gasteiger partial charge in [-0.1, -0.05) is 18.2 Å². The van der Waals surface area contributed by atoms with Gasteiger partial charge in [-0.15, -0.1) is 0 Å². The lowest BCUT2D eigenvalue weighted by Crippen LogP contribution is -2.41. The molecule has 0 bridgehead atoms. The fourth-order valence-electron chi connectivity index (χ4n) is 1.04. The van der Waals surface area contributed by atoms with Crippen molar-refractivity contribution in [2.45, 2.75) is 6.92 Å². The highest BCUT2D eigenvalue weighted by Gasteiger charge is 2.12. The highest BCUT2D eigenvalue weighted by atomic mass is 16.2. The summed E-state index contributed by atoms with van der Waals surface area (Å²) in [6.07, 6.45) is 0.608. The first-order valence-corrected chi connectivity index (χ1v) is 4.20. The predicted molar refractivity (Wildman–Crippen MR) is 53.4 cm³/mol. The Morgan fingerprint density at radius 2 is 1.86 bits per heavy atom. The molecule has 1 rings (SSSR count). The van der Waals surface area contributed by atoms with E-state index < -0.39 is 0 Å². The van der Waals surface area contributed by atoms with Gasteiger partial charge in [-0.05, 0) is 12.1 Å². The van der Waals surface area contributed by atoms with Crippen molar-refractivity contribution in [2.75, 3.05) is 12.1 Å². The number of para-hydroxylation sites is 1. The maximum atomic E-state index is 11.0. The van der Waals surface area contributed by atoms with Gasteiger partial charge in [-0.2, -0.15) is 0 Å². The molecule has 1 aromatic carbocycles. The van der Waals surface area contributed by atoms with Gasteiger partial charge in [0.2, 0.25) is 12.3 Å². The third kappa shape index (κ3) is 2.10. The van der Waals surface area contributed by atoms with Crippen LogP contribution in [0.15, 0.2) is 30.3 Å². The van der Waals surface area contributed by atoms with Crippen LogP contribution in [-0.4, -0.2) is 24.4 Å². The lowest BCUT2D eigenvalue weighted by molar-refractivity contribution is -0.130. The minimum Gasteiger partial charge on any atom is -0.276 e. The summed E-state index contributed by atoms with van der Waals surface area (Å²) in [5.74, 6) is -0.194. The van der Waals surface area contributed by atoms with E-state index in [1.54, 1.807) is 31.3 Å². The van der Waals surface area contributed by atoms with E-state index in [4.69, 9.17) is 0 Å². The molecule has 0 aromatic heterocycles. The third-order valence-corrected chi connectivity index (χ3v) is 1.90. The molecule has 0 aliphatic rings. The lowest BCUT2D eigenvalue weighted by atomic mass is 10.3. The van der Waals surface area contributed by atoms with Crippen LogP contribution in [0.5, 0.6) is 0 Å². The summed E-state index contributed by atoms with van der Waals surface area (Å²) >= 11 is 0. The molecule has 74 valence electrons. The van der Waals surface area contributed by atoms with Gasteiger partial charge < -0.3 is 0 Å². The van der Waals surface area contributed by atoms with Gasteiger partial charge in [0, 0.05) is 14.0 Å². The SMILES string of the molecule is CC(=O)N(C)N(C=O)c1ccccc1. The summed E-state index contributed by atoms with van der Waals surface area (Å²) in [5, 5.41) is 2.50. The number of carbonyl (C=O) groups is 2. The van der Waals surface area contributed by atoms with Crippen molar-refractivity contribution in [1.29, 1.82) is 0 Å². The molecule has 0 N–H and O–H groups in total. The molecule has 1 aromatic rings. The van der Waals surface area contributed by atoms with Crippen molar-refractivity contribution < 1.29 is 9.59 Å². The van der Waals surface area contributed by atoms with Crippen molar-refractivity contribution in [3.8, 4) is 0 Å². The standard InChI is InChI=1S/C10H12N2O2/c1-9(14)11(2)12(8-13)10-6-4-3-5-7-10/h3-8H,1-2H3. The zero-order valence-electron chi connectivity index (χ0n) is 8.18. The first-order chi connectivity index (χ1) is 6.66. The molecular weight excluding hydrogens is 180 g/mol. The van der Waals surface area contributed by atoms with E-state index in [1.165, 1.54) is 16.9 Å². The second kappa shape index (κ2) is 4.41. The van der Waals surface area contributed by atoms with Crippen LogP contribution in [0.4, 0.5) is 5.69 Å². The van der Waals surface area contributed by atoms with Gasteiger partial charge in [0.25, 0.3) is 0 Å². The van der Waals surface area contributed by atoms with E-state index in [0.29, 0.717) is 12.1 Å². The highest BCUT2D eigenvalue weighted by Crippen LogP contribution is 2.12. The Kier molecular flexibility index (Phi) is 3.23. The molecule has 0 saturated carbocycles. The second-order valence-corrected chi connectivity index (χ2v) is 2.83. The normalized spacial score (nSPS) is 9.29. The number of amides is 2. The van der Waals surface area contributed by atoms with Crippen molar-refractivity contribution in [3.05, 3.63) is 30.3 Å². The average Bonchev–Trinajstić information content (AvgIpc) is 2.20. The first-order valence-electron chi connectivity index (χ1n) is 4.20. The molecule has 0 atom stereocenters. The van der Waals surface area contributed by atoms with Crippen LogP contribution in [0.3, 0.4) is 0 Å². The molecule has 0 spiro atoms. The molecule has 4 nitrogen and oxygen atoms in total. The summed E-state index contributed by atoms with van der Waals surface area (Å²) in [7, 11) is 1.55. The van der Waals surface area contributed by atoms with Crippen molar-refractivity contribution >= 4 is 18.0 Å². The number of hydrazine groups is 1. The maximum absolute atomic E-state index is 11.0. The minimum absolute atomic E-state index is 0.194. The number of nitrogens with zero attached hydrogens (tertiary/aromatic N) is 2. The number of hydrogen-bond donors (Lipinski definition) is 0. The van der Waals surface area contributed by atoms with Crippen LogP contribution in [-0.2, 0) is 9.59 Å². The van der Waals surface area contributed by atoms with E-state index in [-0.39, 0.29) is 5.91 Å². The second-order valence-electron chi connectivity index (χ2n) is 2.83. The minimum atomic E-state index is -0.194. The first kappa shape index (κ1) is 10.2. The zero-order valence-corrected chi connectivity index (χ0v) is 8.18. The average molecular weight is 192 g/mol. The van der Waals surface area contributed by atoms with Crippen molar-refractivity contribution in [1.82, 2.24) is 5.01 Å². The molecule has 2 amide bonds. The van der Waals surface area contributed by atoms with Crippen LogP contribution < -0.4 is 5.01 Å². The Hall–Kier alpha value is -1.84. The molecule has 0 aliphatic heterocycles. The van der Waals surface area contributed by atoms with Crippen LogP contribution in [0.25, 0.3) is 0 Å². The summed E-state index contributed by atoms with van der Waals surface area (Å²) in [6.45, 7) is 1.40. The van der Waals surface area contributed by atoms with Gasteiger partial charge in [-0.3, -0.25) is 14.6 Å². The largest absolute Gasteiger partial charge is 0.276 e. The maximum Gasteiger partial charge on any atom is 0.238 e. The van der Waals surface area contributed by atoms with E-state index in [0.717, 1.165) is 0 Å². The number of carbonyl (C=O) groups excluding carboxylic acids is 2. The zero-order chi connectivity index (χ0) is 10.6. The van der Waals surface area contributed by atoms with E-state index >= 15 is 0 Å². The molecule has 0 aliphatic carbocycles. The Labute approximate surface area is 82.7 Å². The van der Waals surface area contributed by atoms with Crippen LogP contribution >= 0.6 is 0 Å². The summed E-state index contributed by atoms with van der Waals surface area (Å²) < 4.78 is 0. The topological polar surface area (TPSA) is 40.6 Å². The lowest BCUT2D eigenvalue weighted by Gasteiger charge is -2.26. The number of hydrogen-bond acceptors (Lipinski definition) is 2. The monoisotopic (exact) mass is 192 g/mol. The molecule has 0 heterocycles. The summed E-state index contributed by atoms with van der Waals surface area (Å²) in [6, 6.07) is 8.97. The molecule has 0 saturated heterocycles. The molecular formula is C10H12N2O2. The van der Waals surface area contributed by atoms with Crippen LogP contribution in [0, 0.1) is 0 Å². The van der Waals surface area contributed by atoms with Gasteiger partial charge in [0.1, 0.15) is 0 Å². The fraction of sp³-hybridized carbons (Fsp3) is 0.200. The number of anilines is 1. The predicted octanol–water partition coefficient (Wildman–Crippen LogP) is 1.04. The van der Waals surface area contributed by atoms with E-state index in [9.17, 15) is 9.59 Å². The van der Waals surface area contributed by atoms with E-state index in [2.05, 4.69) is 0 Å². The van der Waals surface area contributed by atoms with Crippen molar-refractivity contribution in [2.24, 2.45) is 0 Å². The van der Waals surface area contributed by atoms with Gasteiger partial charge >= 0.3 is 0 Å². The molecule has 4 heteroatoms. The number of rotatable bonds is 3. The van der Waals surface area contributed by atoms with Gasteiger partial charge in [0.15, 0.2) is 0 Å². The van der Waals surface area contributed by atoms with Crippen LogP contribution in [0.1, 0.15) is 6.92 Å². The van der Waals surface area contributed by atoms with Crippen molar-refractivity contribution in [3.63, 3.8) is 0 Å². The quantitative estimate of drug-likeness (QED) is 0.530. The Bertz CT molecular complexity index is 324. The highest BCUT2D eigenvalue weighted by molar-refractivity contribution is 5.83. The van der Waals surface area contributed by atoms with Crippen LogP contribution in [0.2, 0.25) is 0 Å². The fourth-order valence-corrected chi connectivity index (χ4v) is 1.04. The van der Waals surface area contributed by atoms with E-state index in [1.807, 2.05) is 6.07 Å².